The van der Waals surface area contributed by atoms with Gasteiger partial charge in [0, 0.05) is 20.1 Å². The lowest BCUT2D eigenvalue weighted by molar-refractivity contribution is 0.370. The molecular formula is C12H24N6. The second-order valence-electron chi connectivity index (χ2n) is 5.59. The Labute approximate surface area is 109 Å². The Hall–Kier alpha value is -1.17. The number of rotatable bonds is 5. The molecule has 6 nitrogen and oxygen atoms in total. The van der Waals surface area contributed by atoms with Gasteiger partial charge in [0.2, 0.25) is 5.95 Å². The molecule has 1 aliphatic heterocycles. The highest BCUT2D eigenvalue weighted by Gasteiger charge is 2.22. The lowest BCUT2D eigenvalue weighted by atomic mass is 9.97. The Morgan fingerprint density at radius 3 is 2.61 bits per heavy atom. The predicted octanol–water partition coefficient (Wildman–Crippen LogP) is 0.672. The van der Waals surface area contributed by atoms with Crippen LogP contribution < -0.4 is 10.2 Å². The summed E-state index contributed by atoms with van der Waals surface area (Å²) < 4.78 is 1.75. The van der Waals surface area contributed by atoms with Crippen LogP contribution in [0.3, 0.4) is 0 Å². The van der Waals surface area contributed by atoms with Gasteiger partial charge in [-0.05, 0) is 48.2 Å². The van der Waals surface area contributed by atoms with E-state index in [1.54, 1.807) is 4.68 Å². The van der Waals surface area contributed by atoms with Gasteiger partial charge < -0.3 is 10.2 Å². The van der Waals surface area contributed by atoms with Crippen LogP contribution in [0.2, 0.25) is 0 Å². The average Bonchev–Trinajstić information content (AvgIpc) is 2.76. The van der Waals surface area contributed by atoms with Crippen molar-refractivity contribution < 1.29 is 0 Å². The smallest absolute Gasteiger partial charge is 0.245 e. The third-order valence-corrected chi connectivity index (χ3v) is 3.48. The van der Waals surface area contributed by atoms with E-state index in [1.807, 2.05) is 7.05 Å². The molecule has 1 saturated heterocycles. The molecule has 2 rings (SSSR count). The van der Waals surface area contributed by atoms with Gasteiger partial charge in [-0.2, -0.15) is 0 Å². The average molecular weight is 252 g/mol. The van der Waals surface area contributed by atoms with Crippen molar-refractivity contribution in [3.63, 3.8) is 0 Å². The van der Waals surface area contributed by atoms with Gasteiger partial charge in [0.25, 0.3) is 0 Å². The first-order chi connectivity index (χ1) is 8.66. The summed E-state index contributed by atoms with van der Waals surface area (Å²) in [5.74, 6) is 2.42. The summed E-state index contributed by atoms with van der Waals surface area (Å²) in [6.45, 7) is 8.87. The van der Waals surface area contributed by atoms with Crippen LogP contribution >= 0.6 is 0 Å². The predicted molar refractivity (Wildman–Crippen MR) is 71.4 cm³/mol. The molecule has 0 radical (unpaired) electrons. The standard InChI is InChI=1S/C12H24N6/c1-10(2)8-13-9-11-4-6-18(7-5-11)12-14-15-16-17(12)3/h10-11,13H,4-9H2,1-3H3. The molecule has 0 amide bonds. The van der Waals surface area contributed by atoms with Gasteiger partial charge in [-0.25, -0.2) is 4.68 Å². The number of anilines is 1. The maximum Gasteiger partial charge on any atom is 0.245 e. The van der Waals surface area contributed by atoms with Gasteiger partial charge in [-0.3, -0.25) is 0 Å². The van der Waals surface area contributed by atoms with E-state index < -0.39 is 0 Å². The van der Waals surface area contributed by atoms with E-state index in [-0.39, 0.29) is 0 Å². The van der Waals surface area contributed by atoms with E-state index in [0.717, 1.165) is 44.0 Å². The second kappa shape index (κ2) is 6.13. The number of aryl methyl sites for hydroxylation is 1. The maximum atomic E-state index is 4.06. The van der Waals surface area contributed by atoms with Crippen LogP contribution in [0.5, 0.6) is 0 Å². The van der Waals surface area contributed by atoms with Crippen LogP contribution in [0.4, 0.5) is 5.95 Å². The van der Waals surface area contributed by atoms with Crippen LogP contribution in [0, 0.1) is 11.8 Å². The first-order valence-electron chi connectivity index (χ1n) is 6.85. The minimum atomic E-state index is 0.731. The lowest BCUT2D eigenvalue weighted by Gasteiger charge is -2.32. The van der Waals surface area contributed by atoms with E-state index in [0.29, 0.717) is 0 Å². The summed E-state index contributed by atoms with van der Waals surface area (Å²) in [5.41, 5.74) is 0. The molecule has 0 saturated carbocycles. The van der Waals surface area contributed by atoms with Gasteiger partial charge in [0.15, 0.2) is 0 Å². The largest absolute Gasteiger partial charge is 0.340 e. The molecule has 0 aliphatic carbocycles. The fraction of sp³-hybridized carbons (Fsp3) is 0.917. The quantitative estimate of drug-likeness (QED) is 0.835. The molecule has 6 heteroatoms. The molecule has 102 valence electrons. The maximum absolute atomic E-state index is 4.06. The van der Waals surface area contributed by atoms with Gasteiger partial charge in [0.1, 0.15) is 0 Å². The Kier molecular flexibility index (Phi) is 4.52. The first kappa shape index (κ1) is 13.3. The fourth-order valence-corrected chi connectivity index (χ4v) is 2.41. The highest BCUT2D eigenvalue weighted by atomic mass is 15.6. The van der Waals surface area contributed by atoms with E-state index >= 15 is 0 Å². The van der Waals surface area contributed by atoms with Crippen molar-refractivity contribution in [3.05, 3.63) is 0 Å². The summed E-state index contributed by atoms with van der Waals surface area (Å²) in [6, 6.07) is 0. The topological polar surface area (TPSA) is 58.9 Å². The van der Waals surface area contributed by atoms with Crippen molar-refractivity contribution in [1.29, 1.82) is 0 Å². The molecule has 1 aliphatic rings. The third-order valence-electron chi connectivity index (χ3n) is 3.48. The highest BCUT2D eigenvalue weighted by Crippen LogP contribution is 2.20. The number of nitrogens with zero attached hydrogens (tertiary/aromatic N) is 5. The molecule has 0 bridgehead atoms. The summed E-state index contributed by atoms with van der Waals surface area (Å²) in [5, 5.41) is 15.2. The SMILES string of the molecule is CC(C)CNCC1CCN(c2nnnn2C)CC1. The Bertz CT molecular complexity index is 353. The Morgan fingerprint density at radius 2 is 2.06 bits per heavy atom. The van der Waals surface area contributed by atoms with E-state index in [1.165, 1.54) is 12.8 Å². The van der Waals surface area contributed by atoms with Crippen LogP contribution in [0.1, 0.15) is 26.7 Å². The lowest BCUT2D eigenvalue weighted by Crippen LogP contribution is -2.39. The van der Waals surface area contributed by atoms with E-state index in [2.05, 4.69) is 39.6 Å². The number of aromatic nitrogens is 4. The number of hydrogen-bond donors (Lipinski definition) is 1. The summed E-state index contributed by atoms with van der Waals surface area (Å²) in [6.07, 6.45) is 2.44. The summed E-state index contributed by atoms with van der Waals surface area (Å²) in [4.78, 5) is 2.28. The normalized spacial score (nSPS) is 17.7. The van der Waals surface area contributed by atoms with Gasteiger partial charge in [-0.15, -0.1) is 0 Å². The number of nitrogens with one attached hydrogen (secondary N) is 1. The van der Waals surface area contributed by atoms with Crippen molar-refractivity contribution in [3.8, 4) is 0 Å². The molecular weight excluding hydrogens is 228 g/mol. The minimum absolute atomic E-state index is 0.731. The van der Waals surface area contributed by atoms with Crippen LogP contribution in [0.15, 0.2) is 0 Å². The fourth-order valence-electron chi connectivity index (χ4n) is 2.41. The van der Waals surface area contributed by atoms with Gasteiger partial charge in [-0.1, -0.05) is 18.9 Å². The van der Waals surface area contributed by atoms with Crippen molar-refractivity contribution in [2.45, 2.75) is 26.7 Å². The number of hydrogen-bond acceptors (Lipinski definition) is 5. The van der Waals surface area contributed by atoms with E-state index in [4.69, 9.17) is 0 Å². The molecule has 0 atom stereocenters. The molecule has 1 N–H and O–H groups in total. The number of tetrazole rings is 1. The third kappa shape index (κ3) is 3.41. The van der Waals surface area contributed by atoms with Crippen LogP contribution in [-0.4, -0.2) is 46.4 Å². The van der Waals surface area contributed by atoms with Crippen molar-refractivity contribution in [1.82, 2.24) is 25.5 Å². The zero-order valence-electron chi connectivity index (χ0n) is 11.6. The molecule has 2 heterocycles. The zero-order chi connectivity index (χ0) is 13.0. The molecule has 0 spiro atoms. The van der Waals surface area contributed by atoms with Gasteiger partial charge in [0.05, 0.1) is 0 Å². The molecule has 0 aromatic carbocycles. The summed E-state index contributed by atoms with van der Waals surface area (Å²) in [7, 11) is 1.89. The van der Waals surface area contributed by atoms with Crippen molar-refractivity contribution >= 4 is 5.95 Å². The molecule has 1 aromatic heterocycles. The minimum Gasteiger partial charge on any atom is -0.340 e. The molecule has 1 aromatic rings. The zero-order valence-corrected chi connectivity index (χ0v) is 11.6. The number of piperidine rings is 1. The van der Waals surface area contributed by atoms with Gasteiger partial charge >= 0.3 is 0 Å². The van der Waals surface area contributed by atoms with Crippen LogP contribution in [-0.2, 0) is 7.05 Å². The summed E-state index contributed by atoms with van der Waals surface area (Å²) >= 11 is 0. The first-order valence-corrected chi connectivity index (χ1v) is 6.85. The Balaban J connectivity index is 1.73. The molecule has 18 heavy (non-hydrogen) atoms. The van der Waals surface area contributed by atoms with Crippen molar-refractivity contribution in [2.75, 3.05) is 31.1 Å². The van der Waals surface area contributed by atoms with Crippen LogP contribution in [0.25, 0.3) is 0 Å². The Morgan fingerprint density at radius 1 is 1.33 bits per heavy atom. The molecule has 1 fully saturated rings. The van der Waals surface area contributed by atoms with E-state index in [9.17, 15) is 0 Å². The van der Waals surface area contributed by atoms with Crippen molar-refractivity contribution in [2.24, 2.45) is 18.9 Å². The monoisotopic (exact) mass is 252 g/mol. The molecule has 0 unspecified atom stereocenters. The highest BCUT2D eigenvalue weighted by molar-refractivity contribution is 5.28. The second-order valence-corrected chi connectivity index (χ2v) is 5.59.